The SMILES string of the molecule is O=C(CN1C(=O)NC2(CCCCC2)C1=O)Nc1cccc(S(=O)(=O)N2CCCCCC2)c1. The molecule has 2 saturated heterocycles. The van der Waals surface area contributed by atoms with Crippen molar-refractivity contribution in [3.63, 3.8) is 0 Å². The number of hydrogen-bond donors (Lipinski definition) is 2. The molecule has 2 heterocycles. The van der Waals surface area contributed by atoms with Gasteiger partial charge in [-0.05, 0) is 43.9 Å². The number of carbonyl (C=O) groups excluding carboxylic acids is 3. The molecule has 0 atom stereocenters. The molecule has 4 amide bonds. The molecular weight excluding hydrogens is 432 g/mol. The van der Waals surface area contributed by atoms with Crippen LogP contribution in [0.4, 0.5) is 10.5 Å². The molecule has 0 bridgehead atoms. The molecule has 3 aliphatic rings. The van der Waals surface area contributed by atoms with Gasteiger partial charge in [0.2, 0.25) is 15.9 Å². The zero-order valence-electron chi connectivity index (χ0n) is 18.1. The van der Waals surface area contributed by atoms with E-state index >= 15 is 0 Å². The van der Waals surface area contributed by atoms with Gasteiger partial charge in [0.25, 0.3) is 5.91 Å². The predicted octanol–water partition coefficient (Wildman–Crippen LogP) is 2.44. The van der Waals surface area contributed by atoms with Crippen molar-refractivity contribution in [2.75, 3.05) is 25.0 Å². The van der Waals surface area contributed by atoms with Crippen molar-refractivity contribution in [2.45, 2.75) is 68.2 Å². The van der Waals surface area contributed by atoms with Crippen molar-refractivity contribution in [1.82, 2.24) is 14.5 Å². The first-order valence-corrected chi connectivity index (χ1v) is 12.8. The summed E-state index contributed by atoms with van der Waals surface area (Å²) in [4.78, 5) is 38.9. The lowest BCUT2D eigenvalue weighted by atomic mass is 9.82. The predicted molar refractivity (Wildman–Crippen MR) is 118 cm³/mol. The lowest BCUT2D eigenvalue weighted by molar-refractivity contribution is -0.134. The monoisotopic (exact) mass is 462 g/mol. The minimum Gasteiger partial charge on any atom is -0.324 e. The third-order valence-corrected chi connectivity index (χ3v) is 8.47. The molecule has 1 saturated carbocycles. The number of urea groups is 1. The molecule has 1 aliphatic carbocycles. The van der Waals surface area contributed by atoms with Crippen LogP contribution in [0.3, 0.4) is 0 Å². The Hall–Kier alpha value is -2.46. The van der Waals surface area contributed by atoms with E-state index in [9.17, 15) is 22.8 Å². The first-order chi connectivity index (χ1) is 15.3. The Morgan fingerprint density at radius 1 is 1.00 bits per heavy atom. The van der Waals surface area contributed by atoms with Crippen molar-refractivity contribution in [1.29, 1.82) is 0 Å². The molecule has 10 heteroatoms. The van der Waals surface area contributed by atoms with Gasteiger partial charge in [0.15, 0.2) is 0 Å². The van der Waals surface area contributed by atoms with E-state index in [0.717, 1.165) is 49.8 Å². The van der Waals surface area contributed by atoms with E-state index in [1.54, 1.807) is 12.1 Å². The van der Waals surface area contributed by atoms with Gasteiger partial charge in [0.05, 0.1) is 4.90 Å². The second kappa shape index (κ2) is 9.19. The minimum absolute atomic E-state index is 0.119. The molecule has 0 aromatic heterocycles. The van der Waals surface area contributed by atoms with Gasteiger partial charge >= 0.3 is 6.03 Å². The van der Waals surface area contributed by atoms with Crippen LogP contribution in [0, 0.1) is 0 Å². The second-order valence-electron chi connectivity index (χ2n) is 8.86. The molecule has 0 radical (unpaired) electrons. The summed E-state index contributed by atoms with van der Waals surface area (Å²) in [6.45, 7) is 0.579. The summed E-state index contributed by atoms with van der Waals surface area (Å²) in [5, 5.41) is 5.41. The van der Waals surface area contributed by atoms with Gasteiger partial charge in [-0.25, -0.2) is 13.2 Å². The van der Waals surface area contributed by atoms with Crippen molar-refractivity contribution in [2.24, 2.45) is 0 Å². The molecule has 1 aromatic rings. The van der Waals surface area contributed by atoms with Crippen LogP contribution >= 0.6 is 0 Å². The Labute approximate surface area is 188 Å². The number of hydrogen-bond acceptors (Lipinski definition) is 5. The molecule has 3 fully saturated rings. The number of rotatable bonds is 5. The molecule has 0 unspecified atom stereocenters. The van der Waals surface area contributed by atoms with Crippen LogP contribution in [0.2, 0.25) is 0 Å². The molecule has 2 N–H and O–H groups in total. The number of imide groups is 1. The minimum atomic E-state index is -3.65. The van der Waals surface area contributed by atoms with E-state index in [-0.39, 0.29) is 10.8 Å². The van der Waals surface area contributed by atoms with E-state index < -0.39 is 34.0 Å². The van der Waals surface area contributed by atoms with Gasteiger partial charge in [0.1, 0.15) is 12.1 Å². The highest BCUT2D eigenvalue weighted by Crippen LogP contribution is 2.33. The van der Waals surface area contributed by atoms with Crippen LogP contribution in [0.15, 0.2) is 29.2 Å². The van der Waals surface area contributed by atoms with Crippen molar-refractivity contribution in [3.05, 3.63) is 24.3 Å². The quantitative estimate of drug-likeness (QED) is 0.652. The van der Waals surface area contributed by atoms with Gasteiger partial charge in [-0.2, -0.15) is 4.31 Å². The summed E-state index contributed by atoms with van der Waals surface area (Å²) >= 11 is 0. The maximum Gasteiger partial charge on any atom is 0.325 e. The third-order valence-electron chi connectivity index (χ3n) is 6.58. The van der Waals surface area contributed by atoms with Crippen LogP contribution < -0.4 is 10.6 Å². The van der Waals surface area contributed by atoms with E-state index in [0.29, 0.717) is 31.6 Å². The third kappa shape index (κ3) is 4.52. The summed E-state index contributed by atoms with van der Waals surface area (Å²) in [6, 6.07) is 5.55. The zero-order chi connectivity index (χ0) is 22.8. The van der Waals surface area contributed by atoms with Crippen LogP contribution in [-0.4, -0.2) is 60.6 Å². The number of anilines is 1. The number of nitrogens with zero attached hydrogens (tertiary/aromatic N) is 2. The van der Waals surface area contributed by atoms with Gasteiger partial charge in [0, 0.05) is 18.8 Å². The largest absolute Gasteiger partial charge is 0.325 e. The van der Waals surface area contributed by atoms with E-state index in [2.05, 4.69) is 10.6 Å². The summed E-state index contributed by atoms with van der Waals surface area (Å²) in [5.41, 5.74) is -0.568. The van der Waals surface area contributed by atoms with Crippen molar-refractivity contribution in [3.8, 4) is 0 Å². The van der Waals surface area contributed by atoms with E-state index in [1.165, 1.54) is 16.4 Å². The number of nitrogens with one attached hydrogen (secondary N) is 2. The van der Waals surface area contributed by atoms with Crippen LogP contribution in [0.1, 0.15) is 57.8 Å². The maximum atomic E-state index is 13.0. The lowest BCUT2D eigenvalue weighted by Gasteiger charge is -2.30. The van der Waals surface area contributed by atoms with E-state index in [1.807, 2.05) is 0 Å². The Morgan fingerprint density at radius 2 is 1.66 bits per heavy atom. The molecule has 4 rings (SSSR count). The summed E-state index contributed by atoms with van der Waals surface area (Å²) in [7, 11) is -3.65. The highest BCUT2D eigenvalue weighted by molar-refractivity contribution is 7.89. The number of sulfonamides is 1. The van der Waals surface area contributed by atoms with Crippen LogP contribution in [-0.2, 0) is 19.6 Å². The summed E-state index contributed by atoms with van der Waals surface area (Å²) in [6.07, 6.45) is 7.65. The zero-order valence-corrected chi connectivity index (χ0v) is 19.0. The Bertz CT molecular complexity index is 995. The standard InChI is InChI=1S/C22H30N4O5S/c27-19(16-26-20(28)22(24-21(26)29)11-4-3-5-12-22)23-17-9-8-10-18(15-17)32(30,31)25-13-6-1-2-7-14-25/h8-10,15H,1-7,11-14,16H2,(H,23,27)(H,24,29). The number of amides is 4. The summed E-state index contributed by atoms with van der Waals surface area (Å²) < 4.78 is 27.5. The lowest BCUT2D eigenvalue weighted by Crippen LogP contribution is -2.48. The fourth-order valence-corrected chi connectivity index (χ4v) is 6.39. The van der Waals surface area contributed by atoms with Gasteiger partial charge in [-0.1, -0.05) is 38.2 Å². The molecule has 174 valence electrons. The van der Waals surface area contributed by atoms with Gasteiger partial charge < -0.3 is 10.6 Å². The first-order valence-electron chi connectivity index (χ1n) is 11.4. The van der Waals surface area contributed by atoms with Gasteiger partial charge in [-0.3, -0.25) is 14.5 Å². The second-order valence-corrected chi connectivity index (χ2v) is 10.8. The number of benzene rings is 1. The van der Waals surface area contributed by atoms with E-state index in [4.69, 9.17) is 0 Å². The fraction of sp³-hybridized carbons (Fsp3) is 0.591. The molecule has 1 aromatic carbocycles. The topological polar surface area (TPSA) is 116 Å². The average Bonchev–Trinajstić information content (AvgIpc) is 2.98. The maximum absolute atomic E-state index is 13.0. The molecule has 1 spiro atoms. The Kier molecular flexibility index (Phi) is 6.52. The first kappa shape index (κ1) is 22.7. The average molecular weight is 463 g/mol. The normalized spacial score (nSPS) is 21.9. The van der Waals surface area contributed by atoms with Crippen LogP contribution in [0.5, 0.6) is 0 Å². The number of carbonyl (C=O) groups is 3. The molecule has 9 nitrogen and oxygen atoms in total. The highest BCUT2D eigenvalue weighted by Gasteiger charge is 2.51. The fourth-order valence-electron chi connectivity index (χ4n) is 4.82. The highest BCUT2D eigenvalue weighted by atomic mass is 32.2. The summed E-state index contributed by atoms with van der Waals surface area (Å²) in [5.74, 6) is -0.902. The van der Waals surface area contributed by atoms with Gasteiger partial charge in [-0.15, -0.1) is 0 Å². The Balaban J connectivity index is 1.43. The van der Waals surface area contributed by atoms with Crippen molar-refractivity contribution >= 4 is 33.6 Å². The van der Waals surface area contributed by atoms with Crippen molar-refractivity contribution < 1.29 is 22.8 Å². The molecule has 32 heavy (non-hydrogen) atoms. The van der Waals surface area contributed by atoms with Crippen LogP contribution in [0.25, 0.3) is 0 Å². The molecular formula is C22H30N4O5S. The smallest absolute Gasteiger partial charge is 0.324 e. The Morgan fingerprint density at radius 3 is 2.34 bits per heavy atom. The molecule has 2 aliphatic heterocycles.